The predicted molar refractivity (Wildman–Crippen MR) is 78.4 cm³/mol. The van der Waals surface area contributed by atoms with E-state index in [2.05, 4.69) is 0 Å². The van der Waals surface area contributed by atoms with E-state index in [-0.39, 0.29) is 24.4 Å². The van der Waals surface area contributed by atoms with Crippen LogP contribution in [0.3, 0.4) is 0 Å². The van der Waals surface area contributed by atoms with Crippen LogP contribution in [0.2, 0.25) is 5.02 Å². The Morgan fingerprint density at radius 3 is 2.52 bits per heavy atom. The molecule has 1 atom stereocenters. The zero-order valence-corrected chi connectivity index (χ0v) is 12.4. The van der Waals surface area contributed by atoms with Gasteiger partial charge in [-0.05, 0) is 43.5 Å². The van der Waals surface area contributed by atoms with Gasteiger partial charge in [-0.1, -0.05) is 11.6 Å². The summed E-state index contributed by atoms with van der Waals surface area (Å²) in [5.41, 5.74) is 0.515. The second-order valence-corrected chi connectivity index (χ2v) is 5.56. The van der Waals surface area contributed by atoms with Crippen molar-refractivity contribution in [2.75, 3.05) is 0 Å². The summed E-state index contributed by atoms with van der Waals surface area (Å²) in [6.07, 6.45) is 2.27. The second kappa shape index (κ2) is 7.36. The predicted octanol–water partition coefficient (Wildman–Crippen LogP) is 3.36. The number of hydrogen-bond donors (Lipinski definition) is 0. The van der Waals surface area contributed by atoms with Crippen LogP contribution in [0, 0.1) is 0 Å². The summed E-state index contributed by atoms with van der Waals surface area (Å²) in [5, 5.41) is 0.557. The monoisotopic (exact) mass is 308 g/mol. The molecule has 0 amide bonds. The zero-order chi connectivity index (χ0) is 15.2. The highest BCUT2D eigenvalue weighted by Gasteiger charge is 2.25. The van der Waals surface area contributed by atoms with Crippen LogP contribution in [0.4, 0.5) is 0 Å². The lowest BCUT2D eigenvalue weighted by Crippen LogP contribution is -2.30. The van der Waals surface area contributed by atoms with Crippen molar-refractivity contribution in [3.8, 4) is 0 Å². The van der Waals surface area contributed by atoms with Gasteiger partial charge in [0, 0.05) is 23.4 Å². The first-order chi connectivity index (χ1) is 10.1. The number of benzene rings is 1. The van der Waals surface area contributed by atoms with Gasteiger partial charge in [0.15, 0.2) is 17.7 Å². The molecule has 1 fully saturated rings. The minimum absolute atomic E-state index is 0.00869. The molecule has 0 heterocycles. The summed E-state index contributed by atoms with van der Waals surface area (Å²) >= 11 is 5.75. The van der Waals surface area contributed by atoms with Gasteiger partial charge in [0.1, 0.15) is 0 Å². The number of carbonyl (C=O) groups excluding carboxylic acids is 3. The third-order valence-corrected chi connectivity index (χ3v) is 3.75. The van der Waals surface area contributed by atoms with E-state index < -0.39 is 12.1 Å². The number of carbonyl (C=O) groups is 3. The molecule has 1 aliphatic rings. The Bertz CT molecular complexity index is 536. The first-order valence-electron chi connectivity index (χ1n) is 7.07. The number of hydrogen-bond acceptors (Lipinski definition) is 4. The Morgan fingerprint density at radius 2 is 1.86 bits per heavy atom. The van der Waals surface area contributed by atoms with E-state index in [0.717, 1.165) is 12.8 Å². The van der Waals surface area contributed by atoms with Crippen molar-refractivity contribution in [3.05, 3.63) is 34.9 Å². The minimum atomic E-state index is -0.614. The van der Waals surface area contributed by atoms with Crippen LogP contribution in [-0.2, 0) is 14.3 Å². The molecule has 21 heavy (non-hydrogen) atoms. The molecule has 0 saturated heterocycles. The van der Waals surface area contributed by atoms with Gasteiger partial charge in [0.25, 0.3) is 0 Å². The smallest absolute Gasteiger partial charge is 0.306 e. The highest BCUT2D eigenvalue weighted by atomic mass is 35.5. The molecule has 1 aromatic carbocycles. The summed E-state index contributed by atoms with van der Waals surface area (Å²) < 4.78 is 5.15. The van der Waals surface area contributed by atoms with Crippen molar-refractivity contribution in [1.82, 2.24) is 0 Å². The molecule has 1 aromatic rings. The van der Waals surface area contributed by atoms with Crippen LogP contribution >= 0.6 is 11.6 Å². The van der Waals surface area contributed by atoms with Crippen LogP contribution in [0.25, 0.3) is 0 Å². The molecule has 0 radical (unpaired) electrons. The summed E-state index contributed by atoms with van der Waals surface area (Å²) in [4.78, 5) is 35.2. The molecule has 4 nitrogen and oxygen atoms in total. The molecular formula is C16H17ClO4. The Morgan fingerprint density at radius 1 is 1.14 bits per heavy atom. The maximum Gasteiger partial charge on any atom is 0.306 e. The summed E-state index contributed by atoms with van der Waals surface area (Å²) in [5.74, 6) is -0.644. The fourth-order valence-corrected chi connectivity index (χ4v) is 2.41. The van der Waals surface area contributed by atoms with Crippen molar-refractivity contribution in [3.63, 3.8) is 0 Å². The van der Waals surface area contributed by atoms with Gasteiger partial charge in [-0.25, -0.2) is 0 Å². The van der Waals surface area contributed by atoms with E-state index in [4.69, 9.17) is 16.3 Å². The van der Waals surface area contributed by atoms with E-state index in [1.165, 1.54) is 0 Å². The summed E-state index contributed by atoms with van der Waals surface area (Å²) in [6.45, 7) is 0. The van der Waals surface area contributed by atoms with Crippen molar-refractivity contribution >= 4 is 29.1 Å². The topological polar surface area (TPSA) is 60.4 Å². The number of ether oxygens (including phenoxy) is 1. The van der Waals surface area contributed by atoms with E-state index in [9.17, 15) is 14.4 Å². The van der Waals surface area contributed by atoms with Gasteiger partial charge in [-0.15, -0.1) is 0 Å². The lowest BCUT2D eigenvalue weighted by atomic mass is 9.96. The molecule has 1 saturated carbocycles. The highest BCUT2D eigenvalue weighted by Crippen LogP contribution is 2.18. The average molecular weight is 309 g/mol. The van der Waals surface area contributed by atoms with Crippen molar-refractivity contribution < 1.29 is 19.1 Å². The quantitative estimate of drug-likeness (QED) is 0.618. The van der Waals surface area contributed by atoms with E-state index in [1.54, 1.807) is 24.3 Å². The van der Waals surface area contributed by atoms with Gasteiger partial charge in [0.2, 0.25) is 0 Å². The Hall–Kier alpha value is -1.68. The number of halogens is 1. The Labute approximate surface area is 128 Å². The number of esters is 1. The number of Topliss-reactive ketones (excluding diaryl/α,β-unsaturated/α-hetero) is 2. The van der Waals surface area contributed by atoms with Crippen LogP contribution in [0.5, 0.6) is 0 Å². The average Bonchev–Trinajstić information content (AvgIpc) is 2.48. The molecule has 0 aliphatic heterocycles. The van der Waals surface area contributed by atoms with Crippen molar-refractivity contribution in [1.29, 1.82) is 0 Å². The third kappa shape index (κ3) is 4.67. The van der Waals surface area contributed by atoms with E-state index in [1.807, 2.05) is 0 Å². The van der Waals surface area contributed by atoms with E-state index >= 15 is 0 Å². The molecule has 5 heteroatoms. The first-order valence-corrected chi connectivity index (χ1v) is 7.45. The maximum atomic E-state index is 11.9. The van der Waals surface area contributed by atoms with Crippen LogP contribution < -0.4 is 0 Å². The molecule has 0 spiro atoms. The standard InChI is InChI=1S/C16H17ClO4/c17-12-7-5-11(6-8-12)13(18)9-10-16(20)21-15-4-2-1-3-14(15)19/h5-8,15H,1-4,9-10H2/t15-/m0/s1. The second-order valence-electron chi connectivity index (χ2n) is 5.12. The molecule has 2 rings (SSSR count). The zero-order valence-electron chi connectivity index (χ0n) is 11.6. The fourth-order valence-electron chi connectivity index (χ4n) is 2.29. The molecule has 0 aromatic heterocycles. The van der Waals surface area contributed by atoms with Crippen LogP contribution in [0.15, 0.2) is 24.3 Å². The first kappa shape index (κ1) is 15.7. The lowest BCUT2D eigenvalue weighted by Gasteiger charge is -2.20. The van der Waals surface area contributed by atoms with Gasteiger partial charge in [0.05, 0.1) is 6.42 Å². The number of rotatable bonds is 5. The highest BCUT2D eigenvalue weighted by molar-refractivity contribution is 6.30. The van der Waals surface area contributed by atoms with Crippen LogP contribution in [0.1, 0.15) is 48.9 Å². The van der Waals surface area contributed by atoms with Crippen LogP contribution in [-0.4, -0.2) is 23.6 Å². The molecular weight excluding hydrogens is 292 g/mol. The van der Waals surface area contributed by atoms with Crippen molar-refractivity contribution in [2.45, 2.75) is 44.6 Å². The van der Waals surface area contributed by atoms with Gasteiger partial charge < -0.3 is 4.74 Å². The molecule has 112 valence electrons. The summed E-state index contributed by atoms with van der Waals surface area (Å²) in [7, 11) is 0. The summed E-state index contributed by atoms with van der Waals surface area (Å²) in [6, 6.07) is 6.52. The van der Waals surface area contributed by atoms with E-state index in [0.29, 0.717) is 23.4 Å². The molecule has 1 aliphatic carbocycles. The van der Waals surface area contributed by atoms with Crippen molar-refractivity contribution in [2.24, 2.45) is 0 Å². The SMILES string of the molecule is O=C(CCC(=O)c1ccc(Cl)cc1)O[C@H]1CCCCC1=O. The van der Waals surface area contributed by atoms with Gasteiger partial charge in [-0.3, -0.25) is 14.4 Å². The lowest BCUT2D eigenvalue weighted by molar-refractivity contribution is -0.156. The maximum absolute atomic E-state index is 11.9. The minimum Gasteiger partial charge on any atom is -0.454 e. The molecule has 0 N–H and O–H groups in total. The largest absolute Gasteiger partial charge is 0.454 e. The number of ketones is 2. The van der Waals surface area contributed by atoms with Gasteiger partial charge >= 0.3 is 5.97 Å². The molecule has 0 bridgehead atoms. The third-order valence-electron chi connectivity index (χ3n) is 3.49. The molecule has 0 unspecified atom stereocenters. The Balaban J connectivity index is 1.79. The normalized spacial score (nSPS) is 18.3. The van der Waals surface area contributed by atoms with Gasteiger partial charge in [-0.2, -0.15) is 0 Å². The fraction of sp³-hybridized carbons (Fsp3) is 0.438. The Kier molecular flexibility index (Phi) is 5.51.